The number of rotatable bonds is 3. The van der Waals surface area contributed by atoms with E-state index in [-0.39, 0.29) is 5.56 Å². The lowest BCUT2D eigenvalue weighted by Crippen LogP contribution is -2.39. The van der Waals surface area contributed by atoms with Gasteiger partial charge in [0.25, 0.3) is 0 Å². The van der Waals surface area contributed by atoms with Crippen LogP contribution in [0.25, 0.3) is 0 Å². The largest absolute Gasteiger partial charge is 0.497 e. The van der Waals surface area contributed by atoms with Crippen molar-refractivity contribution >= 4 is 0 Å². The molecule has 0 aliphatic carbocycles. The quantitative estimate of drug-likeness (QED) is 0.860. The summed E-state index contributed by atoms with van der Waals surface area (Å²) in [5.74, 6) is 0.528. The molecule has 1 rings (SSSR count). The first-order valence-electron chi connectivity index (χ1n) is 4.92. The van der Waals surface area contributed by atoms with Crippen molar-refractivity contribution in [3.63, 3.8) is 0 Å². The summed E-state index contributed by atoms with van der Waals surface area (Å²) in [6.45, 7) is 1.61. The van der Waals surface area contributed by atoms with Crippen molar-refractivity contribution in [2.45, 2.75) is 25.2 Å². The average molecular weight is 249 g/mol. The molecule has 96 valence electrons. The second-order valence-electron chi connectivity index (χ2n) is 3.73. The van der Waals surface area contributed by atoms with Gasteiger partial charge >= 0.3 is 6.18 Å². The number of hydrogen-bond acceptors (Lipinski definition) is 3. The van der Waals surface area contributed by atoms with Gasteiger partial charge in [0.15, 0.2) is 6.10 Å². The van der Waals surface area contributed by atoms with Crippen LogP contribution >= 0.6 is 0 Å². The molecule has 0 aliphatic rings. The molecule has 0 unspecified atom stereocenters. The lowest BCUT2D eigenvalue weighted by molar-refractivity contribution is -0.210. The number of benzene rings is 1. The van der Waals surface area contributed by atoms with Crippen molar-refractivity contribution in [1.82, 2.24) is 0 Å². The molecule has 0 heterocycles. The van der Waals surface area contributed by atoms with E-state index in [1.54, 1.807) is 13.0 Å². The number of aliphatic hydroxyl groups is 1. The number of halogens is 3. The Morgan fingerprint density at radius 1 is 1.35 bits per heavy atom. The molecule has 0 aliphatic heterocycles. The summed E-state index contributed by atoms with van der Waals surface area (Å²) in [5.41, 5.74) is 6.19. The fraction of sp³-hybridized carbons (Fsp3) is 0.455. The summed E-state index contributed by atoms with van der Waals surface area (Å²) in [7, 11) is 1.46. The zero-order chi connectivity index (χ0) is 13.2. The predicted molar refractivity (Wildman–Crippen MR) is 56.7 cm³/mol. The Morgan fingerprint density at radius 2 is 1.94 bits per heavy atom. The van der Waals surface area contributed by atoms with Crippen LogP contribution in [-0.2, 0) is 0 Å². The molecule has 0 amide bonds. The van der Waals surface area contributed by atoms with Gasteiger partial charge in [-0.2, -0.15) is 13.2 Å². The van der Waals surface area contributed by atoms with Crippen LogP contribution in [0.3, 0.4) is 0 Å². The summed E-state index contributed by atoms with van der Waals surface area (Å²) < 4.78 is 41.9. The molecule has 0 radical (unpaired) electrons. The summed E-state index contributed by atoms with van der Waals surface area (Å²) in [5, 5.41) is 9.08. The molecule has 3 nitrogen and oxygen atoms in total. The highest BCUT2D eigenvalue weighted by Gasteiger charge is 2.43. The predicted octanol–water partition coefficient (Wildman–Crippen LogP) is 1.93. The van der Waals surface area contributed by atoms with Gasteiger partial charge in [0.05, 0.1) is 13.2 Å². The maximum atomic E-state index is 12.3. The van der Waals surface area contributed by atoms with E-state index in [2.05, 4.69) is 0 Å². The Labute approximate surface area is 97.0 Å². The van der Waals surface area contributed by atoms with Crippen LogP contribution in [0.4, 0.5) is 13.2 Å². The molecule has 0 saturated heterocycles. The smallest absolute Gasteiger partial charge is 0.416 e. The van der Waals surface area contributed by atoms with E-state index >= 15 is 0 Å². The molecule has 1 aromatic carbocycles. The van der Waals surface area contributed by atoms with Crippen molar-refractivity contribution in [3.05, 3.63) is 29.3 Å². The van der Waals surface area contributed by atoms with E-state index in [1.807, 2.05) is 0 Å². The lowest BCUT2D eigenvalue weighted by atomic mass is 9.97. The minimum absolute atomic E-state index is 0.246. The first-order valence-corrected chi connectivity index (χ1v) is 4.92. The molecule has 1 aromatic rings. The zero-order valence-corrected chi connectivity index (χ0v) is 9.45. The maximum Gasteiger partial charge on any atom is 0.416 e. The number of ether oxygens (including phenoxy) is 1. The fourth-order valence-electron chi connectivity index (χ4n) is 1.52. The van der Waals surface area contributed by atoms with Gasteiger partial charge in [-0.25, -0.2) is 0 Å². The zero-order valence-electron chi connectivity index (χ0n) is 9.45. The van der Waals surface area contributed by atoms with Crippen LogP contribution in [0.2, 0.25) is 0 Å². The Hall–Kier alpha value is -1.27. The van der Waals surface area contributed by atoms with Crippen LogP contribution < -0.4 is 10.5 Å². The van der Waals surface area contributed by atoms with Crippen molar-refractivity contribution in [2.24, 2.45) is 5.73 Å². The molecular weight excluding hydrogens is 235 g/mol. The van der Waals surface area contributed by atoms with Gasteiger partial charge in [0, 0.05) is 0 Å². The highest BCUT2D eigenvalue weighted by molar-refractivity contribution is 5.37. The number of hydrogen-bond donors (Lipinski definition) is 2. The van der Waals surface area contributed by atoms with Crippen molar-refractivity contribution in [3.8, 4) is 5.75 Å². The molecule has 17 heavy (non-hydrogen) atoms. The Kier molecular flexibility index (Phi) is 4.00. The SMILES string of the molecule is COc1ccc([C@@H](N)[C@@H](O)C(F)(F)F)c(C)c1. The van der Waals surface area contributed by atoms with Crippen LogP contribution in [0.5, 0.6) is 5.75 Å². The van der Waals surface area contributed by atoms with E-state index in [1.165, 1.54) is 19.2 Å². The van der Waals surface area contributed by atoms with E-state index in [9.17, 15) is 13.2 Å². The highest BCUT2D eigenvalue weighted by Crippen LogP contribution is 2.31. The van der Waals surface area contributed by atoms with Crippen LogP contribution in [0, 0.1) is 6.92 Å². The van der Waals surface area contributed by atoms with Crippen molar-refractivity contribution in [1.29, 1.82) is 0 Å². The summed E-state index contributed by atoms with van der Waals surface area (Å²) in [6.07, 6.45) is -7.30. The van der Waals surface area contributed by atoms with Gasteiger partial charge in [-0.1, -0.05) is 6.07 Å². The van der Waals surface area contributed by atoms with Crippen LogP contribution in [0.15, 0.2) is 18.2 Å². The fourth-order valence-corrected chi connectivity index (χ4v) is 1.52. The molecule has 6 heteroatoms. The first kappa shape index (κ1) is 13.8. The molecule has 0 spiro atoms. The molecule has 3 N–H and O–H groups in total. The summed E-state index contributed by atoms with van der Waals surface area (Å²) >= 11 is 0. The number of nitrogens with two attached hydrogens (primary N) is 1. The van der Waals surface area contributed by atoms with Gasteiger partial charge in [0.1, 0.15) is 5.75 Å². The summed E-state index contributed by atoms with van der Waals surface area (Å²) in [6, 6.07) is 3.00. The third-order valence-corrected chi connectivity index (χ3v) is 2.51. The van der Waals surface area contributed by atoms with E-state index in [0.717, 1.165) is 0 Å². The number of alkyl halides is 3. The third kappa shape index (κ3) is 3.10. The minimum atomic E-state index is -4.73. The Bertz CT molecular complexity index is 393. The number of aryl methyl sites for hydroxylation is 1. The number of methoxy groups -OCH3 is 1. The topological polar surface area (TPSA) is 55.5 Å². The Morgan fingerprint density at radius 3 is 2.35 bits per heavy atom. The van der Waals surface area contributed by atoms with E-state index < -0.39 is 18.3 Å². The van der Waals surface area contributed by atoms with Crippen molar-refractivity contribution in [2.75, 3.05) is 7.11 Å². The van der Waals surface area contributed by atoms with Gasteiger partial charge in [-0.3, -0.25) is 0 Å². The Balaban J connectivity index is 3.01. The van der Waals surface area contributed by atoms with Gasteiger partial charge in [0.2, 0.25) is 0 Å². The second kappa shape index (κ2) is 4.93. The molecule has 0 fully saturated rings. The highest BCUT2D eigenvalue weighted by atomic mass is 19.4. The first-order chi connectivity index (χ1) is 7.77. The average Bonchev–Trinajstić information content (AvgIpc) is 2.25. The maximum absolute atomic E-state index is 12.3. The lowest BCUT2D eigenvalue weighted by Gasteiger charge is -2.23. The van der Waals surface area contributed by atoms with Crippen LogP contribution in [-0.4, -0.2) is 24.5 Å². The summed E-state index contributed by atoms with van der Waals surface area (Å²) in [4.78, 5) is 0. The van der Waals surface area contributed by atoms with Gasteiger partial charge in [-0.15, -0.1) is 0 Å². The van der Waals surface area contributed by atoms with Crippen molar-refractivity contribution < 1.29 is 23.0 Å². The van der Waals surface area contributed by atoms with E-state index in [4.69, 9.17) is 15.6 Å². The number of aliphatic hydroxyl groups excluding tert-OH is 1. The normalized spacial score (nSPS) is 15.5. The molecule has 0 bridgehead atoms. The minimum Gasteiger partial charge on any atom is -0.497 e. The van der Waals surface area contributed by atoms with Gasteiger partial charge < -0.3 is 15.6 Å². The second-order valence-corrected chi connectivity index (χ2v) is 3.73. The van der Waals surface area contributed by atoms with Crippen LogP contribution in [0.1, 0.15) is 17.2 Å². The molecule has 2 atom stereocenters. The third-order valence-electron chi connectivity index (χ3n) is 2.51. The molecule has 0 aromatic heterocycles. The van der Waals surface area contributed by atoms with Gasteiger partial charge in [-0.05, 0) is 30.2 Å². The monoisotopic (exact) mass is 249 g/mol. The molecular formula is C11H14F3NO2. The standard InChI is InChI=1S/C11H14F3NO2/c1-6-5-7(17-2)3-4-8(6)9(15)10(16)11(12,13)14/h3-5,9-10,16H,15H2,1-2H3/t9-,10-/m1/s1. The van der Waals surface area contributed by atoms with E-state index in [0.29, 0.717) is 11.3 Å². The molecule has 0 saturated carbocycles.